The van der Waals surface area contributed by atoms with Gasteiger partial charge in [0.05, 0.1) is 31.2 Å². The summed E-state index contributed by atoms with van der Waals surface area (Å²) in [7, 11) is 0. The Bertz CT molecular complexity index is 909. The third-order valence-electron chi connectivity index (χ3n) is 5.32. The number of anilines is 3. The molecule has 158 valence electrons. The van der Waals surface area contributed by atoms with Gasteiger partial charge in [0, 0.05) is 31.6 Å². The first-order valence-electron chi connectivity index (χ1n) is 10.5. The largest absolute Gasteiger partial charge is 0.494 e. The van der Waals surface area contributed by atoms with Crippen LogP contribution in [-0.2, 0) is 20.7 Å². The molecule has 30 heavy (non-hydrogen) atoms. The zero-order valence-corrected chi connectivity index (χ0v) is 17.0. The molecule has 2 aromatic carbocycles. The van der Waals surface area contributed by atoms with Gasteiger partial charge in [-0.3, -0.25) is 9.59 Å². The molecule has 2 N–H and O–H groups in total. The highest BCUT2D eigenvalue weighted by atomic mass is 16.5. The molecule has 2 amide bonds. The van der Waals surface area contributed by atoms with Crippen molar-refractivity contribution in [1.82, 2.24) is 0 Å². The lowest BCUT2D eigenvalue weighted by molar-refractivity contribution is -0.117. The minimum Gasteiger partial charge on any atom is -0.494 e. The second-order valence-corrected chi connectivity index (χ2v) is 7.48. The molecular formula is C23H27N3O4. The number of carbonyl (C=O) groups is 2. The van der Waals surface area contributed by atoms with E-state index in [0.717, 1.165) is 47.9 Å². The zero-order chi connectivity index (χ0) is 20.8. The summed E-state index contributed by atoms with van der Waals surface area (Å²) in [6.45, 7) is 3.52. The highest BCUT2D eigenvalue weighted by Crippen LogP contribution is 2.28. The molecule has 0 atom stereocenters. The van der Waals surface area contributed by atoms with Crippen LogP contribution in [0.2, 0.25) is 0 Å². The number of rotatable bonds is 7. The van der Waals surface area contributed by atoms with Crippen LogP contribution >= 0.6 is 0 Å². The van der Waals surface area contributed by atoms with E-state index >= 15 is 0 Å². The molecule has 7 heteroatoms. The van der Waals surface area contributed by atoms with Crippen LogP contribution in [0.4, 0.5) is 17.1 Å². The molecule has 7 nitrogen and oxygen atoms in total. The van der Waals surface area contributed by atoms with Gasteiger partial charge >= 0.3 is 0 Å². The second-order valence-electron chi connectivity index (χ2n) is 7.48. The first kappa shape index (κ1) is 20.2. The Labute approximate surface area is 176 Å². The summed E-state index contributed by atoms with van der Waals surface area (Å²) in [5.41, 5.74) is 3.81. The fourth-order valence-corrected chi connectivity index (χ4v) is 3.74. The maximum Gasteiger partial charge on any atom is 0.224 e. The summed E-state index contributed by atoms with van der Waals surface area (Å²) in [6.07, 6.45) is 2.24. The SMILES string of the molecule is O=C1CCc2cc(OCCCC(=O)Nc3ccccc3N3CCOCC3)ccc2N1. The number of hydrogen-bond acceptors (Lipinski definition) is 5. The van der Waals surface area contributed by atoms with E-state index in [-0.39, 0.29) is 11.8 Å². The summed E-state index contributed by atoms with van der Waals surface area (Å²) >= 11 is 0. The summed E-state index contributed by atoms with van der Waals surface area (Å²) in [4.78, 5) is 26.1. The molecule has 0 aliphatic carbocycles. The molecule has 2 heterocycles. The van der Waals surface area contributed by atoms with E-state index in [0.29, 0.717) is 39.1 Å². The van der Waals surface area contributed by atoms with Crippen LogP contribution in [0.5, 0.6) is 5.75 Å². The van der Waals surface area contributed by atoms with Crippen molar-refractivity contribution in [2.75, 3.05) is 48.4 Å². The van der Waals surface area contributed by atoms with E-state index < -0.39 is 0 Å². The molecule has 0 spiro atoms. The minimum absolute atomic E-state index is 0.0209. The van der Waals surface area contributed by atoms with E-state index in [4.69, 9.17) is 9.47 Å². The lowest BCUT2D eigenvalue weighted by Gasteiger charge is -2.30. The Morgan fingerprint density at radius 3 is 2.83 bits per heavy atom. The van der Waals surface area contributed by atoms with Gasteiger partial charge in [0.25, 0.3) is 0 Å². The fraction of sp³-hybridized carbons (Fsp3) is 0.391. The van der Waals surface area contributed by atoms with Gasteiger partial charge in [-0.2, -0.15) is 0 Å². The van der Waals surface area contributed by atoms with E-state index in [9.17, 15) is 9.59 Å². The van der Waals surface area contributed by atoms with E-state index in [2.05, 4.69) is 15.5 Å². The van der Waals surface area contributed by atoms with Crippen molar-refractivity contribution in [2.45, 2.75) is 25.7 Å². The Morgan fingerprint density at radius 1 is 1.13 bits per heavy atom. The average molecular weight is 409 g/mol. The third-order valence-corrected chi connectivity index (χ3v) is 5.32. The minimum atomic E-state index is -0.0209. The molecule has 0 saturated carbocycles. The number of para-hydroxylation sites is 2. The van der Waals surface area contributed by atoms with Crippen molar-refractivity contribution in [3.05, 3.63) is 48.0 Å². The van der Waals surface area contributed by atoms with E-state index in [1.54, 1.807) is 0 Å². The Balaban J connectivity index is 1.25. The number of amides is 2. The van der Waals surface area contributed by atoms with Crippen molar-refractivity contribution >= 4 is 28.9 Å². The van der Waals surface area contributed by atoms with Crippen LogP contribution in [-0.4, -0.2) is 44.7 Å². The number of nitrogens with one attached hydrogen (secondary N) is 2. The number of benzene rings is 2. The molecule has 2 aliphatic rings. The molecule has 0 bridgehead atoms. The van der Waals surface area contributed by atoms with E-state index in [1.165, 1.54) is 0 Å². The zero-order valence-electron chi connectivity index (χ0n) is 17.0. The molecule has 0 aromatic heterocycles. The molecular weight excluding hydrogens is 382 g/mol. The van der Waals surface area contributed by atoms with Gasteiger partial charge in [-0.05, 0) is 48.7 Å². The van der Waals surface area contributed by atoms with Crippen molar-refractivity contribution in [1.29, 1.82) is 0 Å². The second kappa shape index (κ2) is 9.63. The predicted molar refractivity (Wildman–Crippen MR) is 116 cm³/mol. The third kappa shape index (κ3) is 5.10. The normalized spacial score (nSPS) is 15.9. The average Bonchev–Trinajstić information content (AvgIpc) is 2.78. The fourth-order valence-electron chi connectivity index (χ4n) is 3.74. The number of hydrogen-bond donors (Lipinski definition) is 2. The molecule has 0 unspecified atom stereocenters. The van der Waals surface area contributed by atoms with Crippen molar-refractivity contribution in [3.63, 3.8) is 0 Å². The van der Waals surface area contributed by atoms with Crippen LogP contribution in [0.15, 0.2) is 42.5 Å². The molecule has 1 fully saturated rings. The monoisotopic (exact) mass is 409 g/mol. The molecule has 1 saturated heterocycles. The Hall–Kier alpha value is -3.06. The molecule has 2 aromatic rings. The van der Waals surface area contributed by atoms with Gasteiger partial charge in [-0.25, -0.2) is 0 Å². The van der Waals surface area contributed by atoms with Crippen molar-refractivity contribution in [3.8, 4) is 5.75 Å². The number of carbonyl (C=O) groups excluding carboxylic acids is 2. The lowest BCUT2D eigenvalue weighted by Crippen LogP contribution is -2.36. The van der Waals surface area contributed by atoms with Gasteiger partial charge in [0.15, 0.2) is 0 Å². The number of aryl methyl sites for hydroxylation is 1. The highest BCUT2D eigenvalue weighted by Gasteiger charge is 2.16. The summed E-state index contributed by atoms with van der Waals surface area (Å²) in [5, 5.41) is 5.90. The van der Waals surface area contributed by atoms with Gasteiger partial charge in [-0.15, -0.1) is 0 Å². The number of fused-ring (bicyclic) bond motifs is 1. The number of ether oxygens (including phenoxy) is 2. The standard InChI is InChI=1S/C23H27N3O4/c27-22(25-20-4-1-2-5-21(20)26-11-14-29-15-12-26)6-3-13-30-18-8-9-19-17(16-18)7-10-23(28)24-19/h1-2,4-5,8-9,16H,3,6-7,10-15H2,(H,24,28)(H,25,27). The summed E-state index contributed by atoms with van der Waals surface area (Å²) in [5.74, 6) is 0.799. The van der Waals surface area contributed by atoms with Crippen molar-refractivity contribution < 1.29 is 19.1 Å². The lowest BCUT2D eigenvalue weighted by atomic mass is 10.0. The summed E-state index contributed by atoms with van der Waals surface area (Å²) in [6, 6.07) is 13.6. The topological polar surface area (TPSA) is 79.9 Å². The van der Waals surface area contributed by atoms with Crippen LogP contribution in [0, 0.1) is 0 Å². The van der Waals surface area contributed by atoms with E-state index in [1.807, 2.05) is 42.5 Å². The van der Waals surface area contributed by atoms with Crippen LogP contribution in [0.1, 0.15) is 24.8 Å². The van der Waals surface area contributed by atoms with Crippen LogP contribution < -0.4 is 20.3 Å². The maximum atomic E-state index is 12.4. The van der Waals surface area contributed by atoms with Gasteiger partial charge in [0.1, 0.15) is 5.75 Å². The van der Waals surface area contributed by atoms with Gasteiger partial charge in [-0.1, -0.05) is 12.1 Å². The van der Waals surface area contributed by atoms with Gasteiger partial charge in [0.2, 0.25) is 11.8 Å². The molecule has 2 aliphatic heterocycles. The maximum absolute atomic E-state index is 12.4. The Kier molecular flexibility index (Phi) is 6.49. The molecule has 0 radical (unpaired) electrons. The Morgan fingerprint density at radius 2 is 1.97 bits per heavy atom. The smallest absolute Gasteiger partial charge is 0.224 e. The predicted octanol–water partition coefficient (Wildman–Crippen LogP) is 3.21. The first-order valence-corrected chi connectivity index (χ1v) is 10.5. The van der Waals surface area contributed by atoms with Gasteiger partial charge < -0.3 is 25.0 Å². The van der Waals surface area contributed by atoms with Crippen molar-refractivity contribution in [2.24, 2.45) is 0 Å². The van der Waals surface area contributed by atoms with Crippen LogP contribution in [0.3, 0.4) is 0 Å². The first-order chi connectivity index (χ1) is 14.7. The van der Waals surface area contributed by atoms with Crippen LogP contribution in [0.25, 0.3) is 0 Å². The number of nitrogens with zero attached hydrogens (tertiary/aromatic N) is 1. The number of morpholine rings is 1. The quantitative estimate of drug-likeness (QED) is 0.687. The summed E-state index contributed by atoms with van der Waals surface area (Å²) < 4.78 is 11.2. The molecule has 4 rings (SSSR count). The highest BCUT2D eigenvalue weighted by molar-refractivity contribution is 5.94.